The van der Waals surface area contributed by atoms with Gasteiger partial charge in [0.2, 0.25) is 0 Å². The van der Waals surface area contributed by atoms with Gasteiger partial charge >= 0.3 is 5.97 Å². The van der Waals surface area contributed by atoms with Crippen LogP contribution < -0.4 is 4.90 Å². The Bertz CT molecular complexity index is 447. The van der Waals surface area contributed by atoms with Crippen LogP contribution in [-0.2, 0) is 4.74 Å². The molecule has 1 aliphatic rings. The molecular formula is C15H23N3O2. The first-order valence-electron chi connectivity index (χ1n) is 7.13. The third-order valence-electron chi connectivity index (χ3n) is 3.67. The summed E-state index contributed by atoms with van der Waals surface area (Å²) in [5.74, 6) is 1.27. The molecule has 0 N–H and O–H groups in total. The smallest absolute Gasteiger partial charge is 0.339 e. The highest BCUT2D eigenvalue weighted by atomic mass is 16.5. The van der Waals surface area contributed by atoms with Crippen molar-refractivity contribution in [3.63, 3.8) is 0 Å². The van der Waals surface area contributed by atoms with Crippen molar-refractivity contribution < 1.29 is 9.53 Å². The van der Waals surface area contributed by atoms with Gasteiger partial charge in [-0.25, -0.2) is 9.78 Å². The van der Waals surface area contributed by atoms with Crippen molar-refractivity contribution in [2.75, 3.05) is 45.2 Å². The average molecular weight is 277 g/mol. The number of hydrogen-bond acceptors (Lipinski definition) is 5. The SMILES string of the molecule is CCOC(=O)c1ccc(N(C)CC2CCN(C)C2)nc1. The van der Waals surface area contributed by atoms with Crippen LogP contribution in [0.4, 0.5) is 5.82 Å². The Labute approximate surface area is 120 Å². The molecule has 1 atom stereocenters. The van der Waals surface area contributed by atoms with Crippen LogP contribution in [0.25, 0.3) is 0 Å². The lowest BCUT2D eigenvalue weighted by Gasteiger charge is -2.22. The van der Waals surface area contributed by atoms with Gasteiger partial charge in [0, 0.05) is 26.3 Å². The Morgan fingerprint density at radius 2 is 2.35 bits per heavy atom. The third-order valence-corrected chi connectivity index (χ3v) is 3.67. The summed E-state index contributed by atoms with van der Waals surface area (Å²) in [6.07, 6.45) is 2.83. The molecular weight excluding hydrogens is 254 g/mol. The zero-order chi connectivity index (χ0) is 14.5. The van der Waals surface area contributed by atoms with Crippen molar-refractivity contribution in [2.45, 2.75) is 13.3 Å². The minimum atomic E-state index is -0.313. The maximum Gasteiger partial charge on any atom is 0.339 e. The minimum absolute atomic E-state index is 0.313. The molecule has 1 saturated heterocycles. The highest BCUT2D eigenvalue weighted by molar-refractivity contribution is 5.89. The van der Waals surface area contributed by atoms with Gasteiger partial charge in [-0.2, -0.15) is 0 Å². The number of aromatic nitrogens is 1. The number of esters is 1. The summed E-state index contributed by atoms with van der Waals surface area (Å²) >= 11 is 0. The zero-order valence-corrected chi connectivity index (χ0v) is 12.5. The molecule has 0 bridgehead atoms. The molecule has 0 spiro atoms. The molecule has 20 heavy (non-hydrogen) atoms. The molecule has 1 aliphatic heterocycles. The number of hydrogen-bond donors (Lipinski definition) is 0. The molecule has 1 fully saturated rings. The second-order valence-corrected chi connectivity index (χ2v) is 5.42. The normalized spacial score (nSPS) is 19.1. The zero-order valence-electron chi connectivity index (χ0n) is 12.5. The number of nitrogens with zero attached hydrogens (tertiary/aromatic N) is 3. The van der Waals surface area contributed by atoms with Crippen LogP contribution in [0.3, 0.4) is 0 Å². The van der Waals surface area contributed by atoms with Crippen molar-refractivity contribution in [3.8, 4) is 0 Å². The van der Waals surface area contributed by atoms with E-state index in [4.69, 9.17) is 4.74 Å². The van der Waals surface area contributed by atoms with Gasteiger partial charge in [0.25, 0.3) is 0 Å². The van der Waals surface area contributed by atoms with E-state index in [-0.39, 0.29) is 5.97 Å². The van der Waals surface area contributed by atoms with Crippen LogP contribution in [0.2, 0.25) is 0 Å². The topological polar surface area (TPSA) is 45.7 Å². The van der Waals surface area contributed by atoms with Crippen LogP contribution in [0.15, 0.2) is 18.3 Å². The standard InChI is InChI=1S/C15H23N3O2/c1-4-20-15(19)13-5-6-14(16-9-13)18(3)11-12-7-8-17(2)10-12/h5-6,9,12H,4,7-8,10-11H2,1-3H3. The highest BCUT2D eigenvalue weighted by Gasteiger charge is 2.21. The van der Waals surface area contributed by atoms with Crippen LogP contribution >= 0.6 is 0 Å². The van der Waals surface area contributed by atoms with Crippen LogP contribution in [0, 0.1) is 5.92 Å². The summed E-state index contributed by atoms with van der Waals surface area (Å²) in [5.41, 5.74) is 0.504. The van der Waals surface area contributed by atoms with Gasteiger partial charge < -0.3 is 14.5 Å². The average Bonchev–Trinajstić information content (AvgIpc) is 2.84. The van der Waals surface area contributed by atoms with Gasteiger partial charge in [-0.3, -0.25) is 0 Å². The first-order chi connectivity index (χ1) is 9.60. The fraction of sp³-hybridized carbons (Fsp3) is 0.600. The van der Waals surface area contributed by atoms with E-state index in [1.165, 1.54) is 13.0 Å². The summed E-state index contributed by atoms with van der Waals surface area (Å²) in [6, 6.07) is 3.66. The predicted octanol–water partition coefficient (Wildman–Crippen LogP) is 1.65. The molecule has 1 aromatic rings. The monoisotopic (exact) mass is 277 g/mol. The van der Waals surface area contributed by atoms with Crippen molar-refractivity contribution in [1.82, 2.24) is 9.88 Å². The molecule has 1 unspecified atom stereocenters. The van der Waals surface area contributed by atoms with Crippen molar-refractivity contribution in [1.29, 1.82) is 0 Å². The van der Waals surface area contributed by atoms with Gasteiger partial charge in [-0.05, 0) is 45.0 Å². The van der Waals surface area contributed by atoms with Gasteiger partial charge in [0.1, 0.15) is 5.82 Å². The van der Waals surface area contributed by atoms with Crippen molar-refractivity contribution in [2.24, 2.45) is 5.92 Å². The quantitative estimate of drug-likeness (QED) is 0.766. The van der Waals surface area contributed by atoms with E-state index in [2.05, 4.69) is 21.8 Å². The van der Waals surface area contributed by atoms with E-state index in [1.54, 1.807) is 19.2 Å². The summed E-state index contributed by atoms with van der Waals surface area (Å²) in [6.45, 7) is 5.50. The number of rotatable bonds is 5. The lowest BCUT2D eigenvalue weighted by molar-refractivity contribution is 0.0526. The van der Waals surface area contributed by atoms with E-state index < -0.39 is 0 Å². The number of anilines is 1. The van der Waals surface area contributed by atoms with Gasteiger partial charge in [-0.15, -0.1) is 0 Å². The third kappa shape index (κ3) is 3.70. The van der Waals surface area contributed by atoms with Gasteiger partial charge in [0.05, 0.1) is 12.2 Å². The molecule has 2 rings (SSSR count). The summed E-state index contributed by atoms with van der Waals surface area (Å²) in [5, 5.41) is 0. The summed E-state index contributed by atoms with van der Waals surface area (Å²) in [7, 11) is 4.21. The number of pyridine rings is 1. The minimum Gasteiger partial charge on any atom is -0.462 e. The van der Waals surface area contributed by atoms with Crippen LogP contribution in [0.1, 0.15) is 23.7 Å². The van der Waals surface area contributed by atoms with E-state index in [0.29, 0.717) is 18.1 Å². The Morgan fingerprint density at radius 1 is 1.55 bits per heavy atom. The van der Waals surface area contributed by atoms with Crippen molar-refractivity contribution in [3.05, 3.63) is 23.9 Å². The number of likely N-dealkylation sites (tertiary alicyclic amines) is 1. The fourth-order valence-corrected chi connectivity index (χ4v) is 2.60. The summed E-state index contributed by atoms with van der Waals surface area (Å²) < 4.78 is 4.95. The molecule has 5 heteroatoms. The number of carbonyl (C=O) groups is 1. The molecule has 5 nitrogen and oxygen atoms in total. The lowest BCUT2D eigenvalue weighted by atomic mass is 10.1. The molecule has 2 heterocycles. The number of ether oxygens (including phenoxy) is 1. The number of carbonyl (C=O) groups excluding carboxylic acids is 1. The molecule has 0 radical (unpaired) electrons. The molecule has 0 aliphatic carbocycles. The van der Waals surface area contributed by atoms with E-state index in [0.717, 1.165) is 18.9 Å². The van der Waals surface area contributed by atoms with E-state index >= 15 is 0 Å². The maximum atomic E-state index is 11.6. The largest absolute Gasteiger partial charge is 0.462 e. The molecule has 1 aromatic heterocycles. The van der Waals surface area contributed by atoms with Crippen molar-refractivity contribution >= 4 is 11.8 Å². The Balaban J connectivity index is 1.93. The molecule has 0 aromatic carbocycles. The second-order valence-electron chi connectivity index (χ2n) is 5.42. The van der Waals surface area contributed by atoms with Crippen LogP contribution in [-0.4, -0.2) is 56.2 Å². The van der Waals surface area contributed by atoms with Gasteiger partial charge in [0.15, 0.2) is 0 Å². The van der Waals surface area contributed by atoms with Gasteiger partial charge in [-0.1, -0.05) is 0 Å². The first-order valence-corrected chi connectivity index (χ1v) is 7.13. The second kappa shape index (κ2) is 6.70. The Hall–Kier alpha value is -1.62. The van der Waals surface area contributed by atoms with E-state index in [9.17, 15) is 4.79 Å². The Morgan fingerprint density at radius 3 is 2.90 bits per heavy atom. The molecule has 0 saturated carbocycles. The highest BCUT2D eigenvalue weighted by Crippen LogP contribution is 2.18. The first kappa shape index (κ1) is 14.8. The molecule has 110 valence electrons. The molecule has 0 amide bonds. The fourth-order valence-electron chi connectivity index (χ4n) is 2.60. The maximum absolute atomic E-state index is 11.6. The van der Waals surface area contributed by atoms with Crippen LogP contribution in [0.5, 0.6) is 0 Å². The Kier molecular flexibility index (Phi) is 4.95. The predicted molar refractivity (Wildman–Crippen MR) is 79.1 cm³/mol. The lowest BCUT2D eigenvalue weighted by Crippen LogP contribution is -2.27. The summed E-state index contributed by atoms with van der Waals surface area (Å²) in [4.78, 5) is 20.4. The van der Waals surface area contributed by atoms with E-state index in [1.807, 2.05) is 13.1 Å².